The number of likely N-dealkylation sites (tertiary alicyclic amines) is 1. The quantitative estimate of drug-likeness (QED) is 0.751. The molecule has 2 amide bonds. The molecule has 0 spiro atoms. The Kier molecular flexibility index (Phi) is 6.31. The lowest BCUT2D eigenvalue weighted by molar-refractivity contribution is -0.123. The average molecular weight is 432 g/mol. The predicted molar refractivity (Wildman–Crippen MR) is 113 cm³/mol. The molecule has 1 saturated heterocycles. The second kappa shape index (κ2) is 8.74. The van der Waals surface area contributed by atoms with Crippen LogP contribution in [-0.4, -0.2) is 52.4 Å². The number of hydrogen-bond acceptors (Lipinski definition) is 5. The Balaban J connectivity index is 1.80. The highest BCUT2D eigenvalue weighted by atomic mass is 32.2. The van der Waals surface area contributed by atoms with Crippen molar-refractivity contribution in [2.24, 2.45) is 11.7 Å². The monoisotopic (exact) mass is 431 g/mol. The highest BCUT2D eigenvalue weighted by Gasteiger charge is 2.28. The van der Waals surface area contributed by atoms with Crippen molar-refractivity contribution in [3.63, 3.8) is 0 Å². The van der Waals surface area contributed by atoms with Crippen LogP contribution >= 0.6 is 0 Å². The molecule has 2 aromatic rings. The van der Waals surface area contributed by atoms with E-state index >= 15 is 0 Å². The molecule has 3 rings (SSSR count). The second-order valence-electron chi connectivity index (χ2n) is 7.16. The minimum Gasteiger partial charge on any atom is -0.495 e. The summed E-state index contributed by atoms with van der Waals surface area (Å²) in [6.45, 7) is 0.823. The summed E-state index contributed by atoms with van der Waals surface area (Å²) in [5.74, 6) is -0.572. The number of nitrogens with two attached hydrogens (primary N) is 1. The molecule has 0 aromatic heterocycles. The molecular formula is C21H25N3O5S. The number of methoxy groups -OCH3 is 1. The number of primary amides is 1. The predicted octanol–water partition coefficient (Wildman–Crippen LogP) is 1.86. The van der Waals surface area contributed by atoms with Crippen LogP contribution in [0.15, 0.2) is 53.4 Å². The molecule has 160 valence electrons. The molecule has 30 heavy (non-hydrogen) atoms. The number of para-hydroxylation sites is 2. The maximum absolute atomic E-state index is 13.0. The van der Waals surface area contributed by atoms with Gasteiger partial charge in [0.05, 0.1) is 23.6 Å². The van der Waals surface area contributed by atoms with Gasteiger partial charge in [0.1, 0.15) is 5.75 Å². The maximum Gasteiger partial charge on any atom is 0.264 e. The molecule has 2 aromatic carbocycles. The number of nitrogens with zero attached hydrogens (tertiary/aromatic N) is 2. The van der Waals surface area contributed by atoms with Gasteiger partial charge < -0.3 is 15.4 Å². The van der Waals surface area contributed by atoms with Gasteiger partial charge >= 0.3 is 0 Å². The lowest BCUT2D eigenvalue weighted by Gasteiger charge is -2.31. The zero-order chi connectivity index (χ0) is 21.9. The molecule has 1 unspecified atom stereocenters. The van der Waals surface area contributed by atoms with E-state index in [1.54, 1.807) is 29.2 Å². The second-order valence-corrected chi connectivity index (χ2v) is 9.13. The smallest absolute Gasteiger partial charge is 0.264 e. The first-order valence-electron chi connectivity index (χ1n) is 9.56. The van der Waals surface area contributed by atoms with E-state index in [9.17, 15) is 18.0 Å². The van der Waals surface area contributed by atoms with Gasteiger partial charge in [0.15, 0.2) is 0 Å². The van der Waals surface area contributed by atoms with Crippen LogP contribution in [0.5, 0.6) is 5.75 Å². The third-order valence-electron chi connectivity index (χ3n) is 5.30. The normalized spacial score (nSPS) is 16.7. The van der Waals surface area contributed by atoms with E-state index in [4.69, 9.17) is 10.5 Å². The van der Waals surface area contributed by atoms with Gasteiger partial charge in [0, 0.05) is 25.7 Å². The molecular weight excluding hydrogens is 406 g/mol. The van der Waals surface area contributed by atoms with E-state index < -0.39 is 15.9 Å². The van der Waals surface area contributed by atoms with Crippen LogP contribution in [0.4, 0.5) is 5.69 Å². The molecule has 1 fully saturated rings. The number of amides is 2. The first kappa shape index (κ1) is 21.6. The number of rotatable bonds is 6. The summed E-state index contributed by atoms with van der Waals surface area (Å²) in [5.41, 5.74) is 6.14. The van der Waals surface area contributed by atoms with Gasteiger partial charge in [-0.05, 0) is 49.2 Å². The highest BCUT2D eigenvalue weighted by molar-refractivity contribution is 7.92. The molecule has 2 N–H and O–H groups in total. The van der Waals surface area contributed by atoms with Gasteiger partial charge in [-0.25, -0.2) is 8.42 Å². The van der Waals surface area contributed by atoms with E-state index in [0.717, 1.165) is 4.31 Å². The van der Waals surface area contributed by atoms with E-state index in [2.05, 4.69) is 0 Å². The Labute approximate surface area is 176 Å². The summed E-state index contributed by atoms with van der Waals surface area (Å²) in [7, 11) is -0.921. The zero-order valence-electron chi connectivity index (χ0n) is 16.9. The number of sulfonamides is 1. The molecule has 1 atom stereocenters. The zero-order valence-corrected chi connectivity index (χ0v) is 17.8. The molecule has 0 aliphatic carbocycles. The summed E-state index contributed by atoms with van der Waals surface area (Å²) in [4.78, 5) is 25.9. The number of piperidine rings is 1. The Morgan fingerprint density at radius 1 is 1.13 bits per heavy atom. The summed E-state index contributed by atoms with van der Waals surface area (Å²) in [6, 6.07) is 12.6. The van der Waals surface area contributed by atoms with E-state index in [-0.39, 0.29) is 23.3 Å². The molecule has 0 radical (unpaired) electrons. The lowest BCUT2D eigenvalue weighted by atomic mass is 9.97. The van der Waals surface area contributed by atoms with Crippen molar-refractivity contribution < 1.29 is 22.7 Å². The van der Waals surface area contributed by atoms with Crippen LogP contribution in [0, 0.1) is 5.92 Å². The SMILES string of the molecule is COc1ccccc1N(C)S(=O)(=O)c1ccc(C(=O)N2CCCC(C(N)=O)C2)cc1. The molecule has 0 bridgehead atoms. The summed E-state index contributed by atoms with van der Waals surface area (Å²) in [6.07, 6.45) is 1.38. The maximum atomic E-state index is 13.0. The van der Waals surface area contributed by atoms with Gasteiger partial charge in [0.2, 0.25) is 5.91 Å². The fraction of sp³-hybridized carbons (Fsp3) is 0.333. The van der Waals surface area contributed by atoms with Gasteiger partial charge in [-0.3, -0.25) is 13.9 Å². The van der Waals surface area contributed by atoms with E-state index in [1.165, 1.54) is 38.4 Å². The molecule has 1 aliphatic heterocycles. The number of carbonyl (C=O) groups excluding carboxylic acids is 2. The van der Waals surface area contributed by atoms with Crippen molar-refractivity contribution in [1.29, 1.82) is 0 Å². The largest absolute Gasteiger partial charge is 0.495 e. The lowest BCUT2D eigenvalue weighted by Crippen LogP contribution is -2.44. The minimum absolute atomic E-state index is 0.0566. The van der Waals surface area contributed by atoms with Crippen LogP contribution in [0.25, 0.3) is 0 Å². The standard InChI is InChI=1S/C21H25N3O5S/c1-23(18-7-3-4-8-19(18)29-2)30(27,28)17-11-9-15(10-12-17)21(26)24-13-5-6-16(14-24)20(22)25/h3-4,7-12,16H,5-6,13-14H2,1-2H3,(H2,22,25). The van der Waals surface area contributed by atoms with Crippen LogP contribution in [-0.2, 0) is 14.8 Å². The topological polar surface area (TPSA) is 110 Å². The van der Waals surface area contributed by atoms with Crippen molar-refractivity contribution in [2.75, 3.05) is 31.6 Å². The Morgan fingerprint density at radius 2 is 1.80 bits per heavy atom. The third kappa shape index (κ3) is 4.25. The number of ether oxygens (including phenoxy) is 1. The third-order valence-corrected chi connectivity index (χ3v) is 7.08. The number of hydrogen-bond donors (Lipinski definition) is 1. The van der Waals surface area contributed by atoms with Crippen LogP contribution in [0.1, 0.15) is 23.2 Å². The molecule has 1 aliphatic rings. The molecule has 1 heterocycles. The van der Waals surface area contributed by atoms with E-state index in [0.29, 0.717) is 36.4 Å². The van der Waals surface area contributed by atoms with Crippen LogP contribution in [0.3, 0.4) is 0 Å². The van der Waals surface area contributed by atoms with Crippen molar-refractivity contribution in [3.8, 4) is 5.75 Å². The Morgan fingerprint density at radius 3 is 2.43 bits per heavy atom. The van der Waals surface area contributed by atoms with Crippen LogP contribution in [0.2, 0.25) is 0 Å². The van der Waals surface area contributed by atoms with Gasteiger partial charge in [0.25, 0.3) is 15.9 Å². The number of carbonyl (C=O) groups is 2. The molecule has 8 nitrogen and oxygen atoms in total. The Bertz CT molecular complexity index is 1040. The van der Waals surface area contributed by atoms with Crippen molar-refractivity contribution >= 4 is 27.5 Å². The van der Waals surface area contributed by atoms with Crippen LogP contribution < -0.4 is 14.8 Å². The van der Waals surface area contributed by atoms with Crippen molar-refractivity contribution in [1.82, 2.24) is 4.90 Å². The fourth-order valence-corrected chi connectivity index (χ4v) is 4.73. The van der Waals surface area contributed by atoms with Crippen molar-refractivity contribution in [3.05, 3.63) is 54.1 Å². The highest BCUT2D eigenvalue weighted by Crippen LogP contribution is 2.31. The van der Waals surface area contributed by atoms with E-state index in [1.807, 2.05) is 0 Å². The summed E-state index contributed by atoms with van der Waals surface area (Å²) >= 11 is 0. The fourth-order valence-electron chi connectivity index (χ4n) is 3.52. The number of benzene rings is 2. The van der Waals surface area contributed by atoms with Gasteiger partial charge in [-0.15, -0.1) is 0 Å². The molecule has 0 saturated carbocycles. The van der Waals surface area contributed by atoms with Gasteiger partial charge in [-0.2, -0.15) is 0 Å². The Hall–Kier alpha value is -3.07. The average Bonchev–Trinajstić information content (AvgIpc) is 2.78. The summed E-state index contributed by atoms with van der Waals surface area (Å²) < 4.78 is 32.4. The summed E-state index contributed by atoms with van der Waals surface area (Å²) in [5, 5.41) is 0. The number of anilines is 1. The van der Waals surface area contributed by atoms with Gasteiger partial charge in [-0.1, -0.05) is 12.1 Å². The minimum atomic E-state index is -3.84. The van der Waals surface area contributed by atoms with Crippen molar-refractivity contribution in [2.45, 2.75) is 17.7 Å². The first-order valence-corrected chi connectivity index (χ1v) is 11.0. The first-order chi connectivity index (χ1) is 14.3. The molecule has 9 heteroatoms.